The zero-order valence-corrected chi connectivity index (χ0v) is 23.9. The summed E-state index contributed by atoms with van der Waals surface area (Å²) in [5.74, 6) is -1.55. The third kappa shape index (κ3) is 8.04. The first-order valence-corrected chi connectivity index (χ1v) is 14.0. The Bertz CT molecular complexity index is 1200. The van der Waals surface area contributed by atoms with Gasteiger partial charge >= 0.3 is 10.2 Å². The van der Waals surface area contributed by atoms with Crippen LogP contribution in [0.3, 0.4) is 0 Å². The highest BCUT2D eigenvalue weighted by Crippen LogP contribution is 2.25. The van der Waals surface area contributed by atoms with Crippen molar-refractivity contribution in [2.45, 2.75) is 52.2 Å². The number of hydrogen-bond acceptors (Lipinski definition) is 4. The summed E-state index contributed by atoms with van der Waals surface area (Å²) < 4.78 is 41.7. The zero-order chi connectivity index (χ0) is 27.9. The van der Waals surface area contributed by atoms with E-state index < -0.39 is 34.5 Å². The zero-order valence-electron chi connectivity index (χ0n) is 21.5. The average Bonchev–Trinajstić information content (AvgIpc) is 2.83. The van der Waals surface area contributed by atoms with E-state index in [0.29, 0.717) is 22.0 Å². The summed E-state index contributed by atoms with van der Waals surface area (Å²) in [6, 6.07) is 8.55. The minimum Gasteiger partial charge on any atom is -0.352 e. The van der Waals surface area contributed by atoms with Crippen LogP contribution in [-0.2, 0) is 26.3 Å². The Hall–Kier alpha value is -2.40. The number of rotatable bonds is 12. The molecule has 0 unspecified atom stereocenters. The van der Waals surface area contributed by atoms with Crippen LogP contribution in [0.1, 0.15) is 39.2 Å². The molecule has 2 aromatic rings. The molecule has 0 aliphatic rings. The molecule has 2 amide bonds. The van der Waals surface area contributed by atoms with E-state index in [9.17, 15) is 22.4 Å². The molecule has 0 aliphatic carbocycles. The summed E-state index contributed by atoms with van der Waals surface area (Å²) in [6.45, 7) is 4.87. The molecule has 0 bridgehead atoms. The number of nitrogens with one attached hydrogen (secondary N) is 1. The Kier molecular flexibility index (Phi) is 11.2. The van der Waals surface area contributed by atoms with Crippen molar-refractivity contribution in [2.24, 2.45) is 0 Å². The van der Waals surface area contributed by atoms with E-state index in [4.69, 9.17) is 23.2 Å². The van der Waals surface area contributed by atoms with Gasteiger partial charge in [-0.3, -0.25) is 9.59 Å². The number of amides is 2. The van der Waals surface area contributed by atoms with Crippen molar-refractivity contribution in [3.8, 4) is 0 Å². The van der Waals surface area contributed by atoms with Crippen molar-refractivity contribution in [1.29, 1.82) is 0 Å². The first-order chi connectivity index (χ1) is 17.3. The summed E-state index contributed by atoms with van der Waals surface area (Å²) in [7, 11) is -1.48. The van der Waals surface area contributed by atoms with Crippen molar-refractivity contribution in [3.05, 3.63) is 63.9 Å². The number of nitrogens with zero attached hydrogens (tertiary/aromatic N) is 3. The summed E-state index contributed by atoms with van der Waals surface area (Å²) in [5.41, 5.74) is 0.642. The molecule has 37 heavy (non-hydrogen) atoms. The average molecular weight is 576 g/mol. The largest absolute Gasteiger partial charge is 0.352 e. The van der Waals surface area contributed by atoms with E-state index in [2.05, 4.69) is 5.32 Å². The van der Waals surface area contributed by atoms with Gasteiger partial charge in [0, 0.05) is 36.7 Å². The molecule has 2 atom stereocenters. The molecule has 0 heterocycles. The van der Waals surface area contributed by atoms with E-state index in [-0.39, 0.29) is 30.6 Å². The van der Waals surface area contributed by atoms with Crippen LogP contribution in [0.5, 0.6) is 0 Å². The fraction of sp³-hybridized carbons (Fsp3) is 0.440. The minimum atomic E-state index is -4.14. The molecule has 0 aromatic heterocycles. The van der Waals surface area contributed by atoms with Crippen LogP contribution in [-0.4, -0.2) is 62.2 Å². The maximum absolute atomic E-state index is 13.8. The summed E-state index contributed by atoms with van der Waals surface area (Å²) >= 11 is 12.4. The van der Waals surface area contributed by atoms with Gasteiger partial charge in [0.25, 0.3) is 0 Å². The van der Waals surface area contributed by atoms with Crippen molar-refractivity contribution in [2.75, 3.05) is 24.9 Å². The van der Waals surface area contributed by atoms with Gasteiger partial charge in [0.1, 0.15) is 18.4 Å². The number of carbonyl (C=O) groups excluding carboxylic acids is 2. The third-order valence-corrected chi connectivity index (χ3v) is 8.28. The van der Waals surface area contributed by atoms with E-state index >= 15 is 0 Å². The first-order valence-electron chi connectivity index (χ1n) is 11.8. The predicted molar refractivity (Wildman–Crippen MR) is 145 cm³/mol. The number of carbonyl (C=O) groups is 2. The molecular weight excluding hydrogens is 542 g/mol. The Morgan fingerprint density at radius 3 is 2.16 bits per heavy atom. The van der Waals surface area contributed by atoms with E-state index in [0.717, 1.165) is 20.7 Å². The Morgan fingerprint density at radius 1 is 1.03 bits per heavy atom. The van der Waals surface area contributed by atoms with Crippen LogP contribution in [0.15, 0.2) is 42.5 Å². The lowest BCUT2D eigenvalue weighted by atomic mass is 10.1. The summed E-state index contributed by atoms with van der Waals surface area (Å²) in [4.78, 5) is 28.3. The minimum absolute atomic E-state index is 0.0550. The lowest BCUT2D eigenvalue weighted by Gasteiger charge is -2.34. The number of hydrogen-bond donors (Lipinski definition) is 1. The van der Waals surface area contributed by atoms with Crippen LogP contribution in [0.2, 0.25) is 10.0 Å². The number of benzene rings is 2. The van der Waals surface area contributed by atoms with Gasteiger partial charge in [-0.25, -0.2) is 8.70 Å². The highest BCUT2D eigenvalue weighted by atomic mass is 35.5. The van der Waals surface area contributed by atoms with E-state index in [1.54, 1.807) is 19.1 Å². The Labute approximate surface area is 228 Å². The quantitative estimate of drug-likeness (QED) is 0.405. The number of anilines is 1. The molecule has 12 heteroatoms. The normalized spacial score (nSPS) is 13.2. The maximum Gasteiger partial charge on any atom is 0.304 e. The molecule has 204 valence electrons. The Balaban J connectivity index is 2.53. The van der Waals surface area contributed by atoms with Crippen molar-refractivity contribution in [1.82, 2.24) is 14.5 Å². The lowest BCUT2D eigenvalue weighted by Crippen LogP contribution is -2.54. The fourth-order valence-electron chi connectivity index (χ4n) is 3.52. The molecular formula is C25H33Cl2FN4O4S. The highest BCUT2D eigenvalue weighted by Gasteiger charge is 2.34. The van der Waals surface area contributed by atoms with E-state index in [1.165, 1.54) is 37.2 Å². The standard InChI is InChI=1S/C25H33Cl2FN4O4S/c1-6-17(3)29-25(34)23(7-2)31(15-18-8-9-19(26)14-22(18)27)24(33)16-32(37(35,36)30(4)5)21-12-10-20(28)11-13-21/h8-14,17,23H,6-7,15-16H2,1-5H3,(H,29,34)/t17-,23-/m1/s1. The lowest BCUT2D eigenvalue weighted by molar-refractivity contribution is -0.140. The van der Waals surface area contributed by atoms with Gasteiger partial charge in [0.05, 0.1) is 5.69 Å². The van der Waals surface area contributed by atoms with Gasteiger partial charge in [-0.15, -0.1) is 0 Å². The first kappa shape index (κ1) is 30.8. The van der Waals surface area contributed by atoms with Crippen LogP contribution < -0.4 is 9.62 Å². The molecule has 0 radical (unpaired) electrons. The van der Waals surface area contributed by atoms with E-state index in [1.807, 2.05) is 13.8 Å². The van der Waals surface area contributed by atoms with Gasteiger partial charge in [0.15, 0.2) is 0 Å². The van der Waals surface area contributed by atoms with Gasteiger partial charge < -0.3 is 10.2 Å². The van der Waals surface area contributed by atoms with Gasteiger partial charge in [0.2, 0.25) is 11.8 Å². The third-order valence-electron chi connectivity index (χ3n) is 5.88. The second kappa shape index (κ2) is 13.4. The molecule has 2 rings (SSSR count). The smallest absolute Gasteiger partial charge is 0.304 e. The molecule has 1 N–H and O–H groups in total. The van der Waals surface area contributed by atoms with Crippen LogP contribution in [0.25, 0.3) is 0 Å². The van der Waals surface area contributed by atoms with Crippen LogP contribution >= 0.6 is 23.2 Å². The predicted octanol–water partition coefficient (Wildman–Crippen LogP) is 4.47. The molecule has 0 saturated carbocycles. The van der Waals surface area contributed by atoms with Crippen LogP contribution in [0, 0.1) is 5.82 Å². The maximum atomic E-state index is 13.8. The molecule has 0 fully saturated rings. The number of halogens is 3. The van der Waals surface area contributed by atoms with Gasteiger partial charge in [-0.05, 0) is 61.7 Å². The highest BCUT2D eigenvalue weighted by molar-refractivity contribution is 7.90. The van der Waals surface area contributed by atoms with Crippen LogP contribution in [0.4, 0.5) is 10.1 Å². The van der Waals surface area contributed by atoms with Gasteiger partial charge in [-0.2, -0.15) is 12.7 Å². The van der Waals surface area contributed by atoms with Crippen molar-refractivity contribution >= 4 is 50.9 Å². The Morgan fingerprint density at radius 2 is 1.65 bits per heavy atom. The fourth-order valence-corrected chi connectivity index (χ4v) is 5.04. The monoisotopic (exact) mass is 574 g/mol. The SMILES string of the molecule is CC[C@@H](C)NC(=O)[C@@H](CC)N(Cc1ccc(Cl)cc1Cl)C(=O)CN(c1ccc(F)cc1)S(=O)(=O)N(C)C. The summed E-state index contributed by atoms with van der Waals surface area (Å²) in [5, 5.41) is 3.61. The topological polar surface area (TPSA) is 90.0 Å². The van der Waals surface area contributed by atoms with Gasteiger partial charge in [-0.1, -0.05) is 43.1 Å². The second-order valence-electron chi connectivity index (χ2n) is 8.77. The molecule has 2 aromatic carbocycles. The van der Waals surface area contributed by atoms with Crippen molar-refractivity contribution < 1.29 is 22.4 Å². The second-order valence-corrected chi connectivity index (χ2v) is 11.7. The molecule has 0 aliphatic heterocycles. The van der Waals surface area contributed by atoms with Crippen molar-refractivity contribution in [3.63, 3.8) is 0 Å². The summed E-state index contributed by atoms with van der Waals surface area (Å²) in [6.07, 6.45) is 0.967. The molecule has 0 spiro atoms. The molecule has 8 nitrogen and oxygen atoms in total. The molecule has 0 saturated heterocycles.